The summed E-state index contributed by atoms with van der Waals surface area (Å²) in [5, 5.41) is 5.52. The van der Waals surface area contributed by atoms with Gasteiger partial charge in [-0.2, -0.15) is 0 Å². The maximum Gasteiger partial charge on any atom is 0.240 e. The molecule has 1 N–H and O–H groups in total. The van der Waals surface area contributed by atoms with Gasteiger partial charge in [-0.15, -0.1) is 11.3 Å². The van der Waals surface area contributed by atoms with E-state index < -0.39 is 0 Å². The summed E-state index contributed by atoms with van der Waals surface area (Å²) in [6, 6.07) is 4.54. The van der Waals surface area contributed by atoms with Crippen LogP contribution in [0.5, 0.6) is 0 Å². The molecule has 0 aromatic carbocycles. The van der Waals surface area contributed by atoms with Crippen LogP contribution in [0.15, 0.2) is 23.7 Å². The number of likely N-dealkylation sites (tertiary alicyclic amines) is 1. The Balaban J connectivity index is 1.71. The number of fused-ring (bicyclic) bond motifs is 1. The van der Waals surface area contributed by atoms with Gasteiger partial charge in [0.25, 0.3) is 0 Å². The lowest BCUT2D eigenvalue weighted by molar-refractivity contribution is -0.130. The van der Waals surface area contributed by atoms with E-state index in [4.69, 9.17) is 0 Å². The van der Waals surface area contributed by atoms with Crippen LogP contribution in [-0.4, -0.2) is 34.4 Å². The molecular weight excluding hydrogens is 282 g/mol. The molecule has 5 heteroatoms. The van der Waals surface area contributed by atoms with Gasteiger partial charge in [0.1, 0.15) is 0 Å². The molecule has 0 radical (unpaired) electrons. The molecule has 0 bridgehead atoms. The minimum absolute atomic E-state index is 0.0681. The van der Waals surface area contributed by atoms with Gasteiger partial charge >= 0.3 is 0 Å². The lowest BCUT2D eigenvalue weighted by Crippen LogP contribution is -2.41. The van der Waals surface area contributed by atoms with Crippen molar-refractivity contribution in [2.45, 2.75) is 45.3 Å². The fourth-order valence-electron chi connectivity index (χ4n) is 2.87. The predicted molar refractivity (Wildman–Crippen MR) is 86.4 cm³/mol. The first-order valence-corrected chi connectivity index (χ1v) is 8.34. The molecule has 1 aliphatic rings. The Kier molecular flexibility index (Phi) is 3.95. The summed E-state index contributed by atoms with van der Waals surface area (Å²) >= 11 is 1.70. The van der Waals surface area contributed by atoms with Crippen molar-refractivity contribution in [1.82, 2.24) is 15.2 Å². The first kappa shape index (κ1) is 14.5. The molecule has 0 spiro atoms. The second kappa shape index (κ2) is 5.73. The largest absolute Gasteiger partial charge is 0.339 e. The van der Waals surface area contributed by atoms with Crippen molar-refractivity contribution in [2.24, 2.45) is 0 Å². The van der Waals surface area contributed by atoms with E-state index in [0.29, 0.717) is 0 Å². The summed E-state index contributed by atoms with van der Waals surface area (Å²) in [6.07, 6.45) is 2.79. The Labute approximate surface area is 129 Å². The Morgan fingerprint density at radius 2 is 2.24 bits per heavy atom. The van der Waals surface area contributed by atoms with Crippen LogP contribution in [-0.2, 0) is 4.79 Å². The molecule has 21 heavy (non-hydrogen) atoms. The molecule has 1 aliphatic heterocycles. The summed E-state index contributed by atoms with van der Waals surface area (Å²) in [5.41, 5.74) is 2.18. The van der Waals surface area contributed by atoms with Gasteiger partial charge in [-0.25, -0.2) is 0 Å². The minimum atomic E-state index is -0.0681. The number of rotatable bonds is 4. The van der Waals surface area contributed by atoms with E-state index >= 15 is 0 Å². The molecule has 0 unspecified atom stereocenters. The van der Waals surface area contributed by atoms with Crippen molar-refractivity contribution in [1.29, 1.82) is 0 Å². The van der Waals surface area contributed by atoms with Gasteiger partial charge in [-0.05, 0) is 50.3 Å². The number of pyridine rings is 1. The summed E-state index contributed by atoms with van der Waals surface area (Å²) < 4.78 is 1.20. The zero-order valence-electron chi connectivity index (χ0n) is 12.7. The first-order chi connectivity index (χ1) is 10.1. The van der Waals surface area contributed by atoms with Crippen molar-refractivity contribution in [3.63, 3.8) is 0 Å². The fraction of sp³-hybridized carbons (Fsp3) is 0.500. The third-order valence-electron chi connectivity index (χ3n) is 4.14. The van der Waals surface area contributed by atoms with Crippen LogP contribution in [0.4, 0.5) is 0 Å². The van der Waals surface area contributed by atoms with Gasteiger partial charge < -0.3 is 4.90 Å². The zero-order chi connectivity index (χ0) is 15.0. The smallest absolute Gasteiger partial charge is 0.240 e. The molecule has 0 aliphatic carbocycles. The van der Waals surface area contributed by atoms with Crippen LogP contribution >= 0.6 is 11.3 Å². The van der Waals surface area contributed by atoms with Crippen molar-refractivity contribution in [2.75, 3.05) is 6.54 Å². The van der Waals surface area contributed by atoms with Gasteiger partial charge in [0, 0.05) is 24.8 Å². The minimum Gasteiger partial charge on any atom is -0.339 e. The summed E-state index contributed by atoms with van der Waals surface area (Å²) in [4.78, 5) is 18.8. The fourth-order valence-corrected chi connectivity index (χ4v) is 3.65. The molecular formula is C16H21N3OS. The van der Waals surface area contributed by atoms with E-state index in [9.17, 15) is 4.79 Å². The lowest BCUT2D eigenvalue weighted by Gasteiger charge is -2.22. The molecule has 1 amide bonds. The second-order valence-corrected chi connectivity index (χ2v) is 6.88. The second-order valence-electron chi connectivity index (χ2n) is 5.93. The van der Waals surface area contributed by atoms with Gasteiger partial charge in [0.2, 0.25) is 5.91 Å². The van der Waals surface area contributed by atoms with Crippen molar-refractivity contribution in [3.05, 3.63) is 29.3 Å². The monoisotopic (exact) mass is 303 g/mol. The molecule has 0 saturated carbocycles. The van der Waals surface area contributed by atoms with Crippen molar-refractivity contribution < 1.29 is 4.79 Å². The number of nitrogens with zero attached hydrogens (tertiary/aromatic N) is 2. The quantitative estimate of drug-likeness (QED) is 0.944. The number of amides is 1. The van der Waals surface area contributed by atoms with Gasteiger partial charge in [0.15, 0.2) is 0 Å². The highest BCUT2D eigenvalue weighted by Gasteiger charge is 2.33. The Morgan fingerprint density at radius 1 is 1.43 bits per heavy atom. The molecule has 3 heterocycles. The number of hydrogen-bond donors (Lipinski definition) is 1. The lowest BCUT2D eigenvalue weighted by atomic mass is 10.1. The number of thiophene rings is 1. The Morgan fingerprint density at radius 3 is 2.95 bits per heavy atom. The maximum absolute atomic E-state index is 12.3. The van der Waals surface area contributed by atoms with Gasteiger partial charge in [-0.1, -0.05) is 0 Å². The first-order valence-electron chi connectivity index (χ1n) is 7.46. The third kappa shape index (κ3) is 2.80. The van der Waals surface area contributed by atoms with E-state index in [2.05, 4.69) is 42.5 Å². The molecule has 1 saturated heterocycles. The number of carbonyl (C=O) groups excluding carboxylic acids is 1. The van der Waals surface area contributed by atoms with Crippen LogP contribution in [0, 0.1) is 0 Å². The molecule has 2 aromatic heterocycles. The topological polar surface area (TPSA) is 45.2 Å². The molecule has 4 nitrogen and oxygen atoms in total. The van der Waals surface area contributed by atoms with Crippen LogP contribution in [0.3, 0.4) is 0 Å². The standard InChI is InChI=1S/C16H21N3OS/c1-10(2)19-6-4-14(16(19)20)18-11(3)12-8-15-13(17-9-12)5-7-21-15/h5,7-11,14,18H,4,6H2,1-3H3/t11-,14+/m0/s1. The van der Waals surface area contributed by atoms with E-state index in [0.717, 1.165) is 24.0 Å². The molecule has 2 aromatic rings. The number of carbonyl (C=O) groups is 1. The Bertz CT molecular complexity index is 652. The predicted octanol–water partition coefficient (Wildman–Crippen LogP) is 2.96. The van der Waals surface area contributed by atoms with Crippen molar-refractivity contribution >= 4 is 27.5 Å². The van der Waals surface area contributed by atoms with Gasteiger partial charge in [0.05, 0.1) is 16.3 Å². The van der Waals surface area contributed by atoms with E-state index in [1.165, 1.54) is 4.70 Å². The highest BCUT2D eigenvalue weighted by molar-refractivity contribution is 7.17. The van der Waals surface area contributed by atoms with Gasteiger partial charge in [-0.3, -0.25) is 15.1 Å². The van der Waals surface area contributed by atoms with Crippen LogP contribution < -0.4 is 5.32 Å². The zero-order valence-corrected chi connectivity index (χ0v) is 13.5. The number of nitrogens with one attached hydrogen (secondary N) is 1. The summed E-state index contributed by atoms with van der Waals surface area (Å²) in [7, 11) is 0. The van der Waals surface area contributed by atoms with Crippen LogP contribution in [0.1, 0.15) is 38.8 Å². The molecule has 3 rings (SSSR count). The summed E-state index contributed by atoms with van der Waals surface area (Å²) in [5.74, 6) is 0.224. The SMILES string of the molecule is CC(C)N1CC[C@@H](N[C@@H](C)c2cnc3ccsc3c2)C1=O. The third-order valence-corrected chi connectivity index (χ3v) is 4.99. The molecule has 2 atom stereocenters. The molecule has 1 fully saturated rings. The normalized spacial score (nSPS) is 20.7. The molecule has 112 valence electrons. The average molecular weight is 303 g/mol. The van der Waals surface area contributed by atoms with E-state index in [1.807, 2.05) is 17.2 Å². The number of hydrogen-bond acceptors (Lipinski definition) is 4. The Hall–Kier alpha value is -1.46. The highest BCUT2D eigenvalue weighted by Crippen LogP contribution is 2.24. The number of aromatic nitrogens is 1. The van der Waals surface area contributed by atoms with E-state index in [-0.39, 0.29) is 24.0 Å². The van der Waals surface area contributed by atoms with E-state index in [1.54, 1.807) is 11.3 Å². The van der Waals surface area contributed by atoms with Crippen LogP contribution in [0.25, 0.3) is 10.2 Å². The highest BCUT2D eigenvalue weighted by atomic mass is 32.1. The van der Waals surface area contributed by atoms with Crippen molar-refractivity contribution in [3.8, 4) is 0 Å². The van der Waals surface area contributed by atoms with Crippen LogP contribution in [0.2, 0.25) is 0 Å². The average Bonchev–Trinajstić information content (AvgIpc) is 3.05. The maximum atomic E-state index is 12.3. The summed E-state index contributed by atoms with van der Waals surface area (Å²) in [6.45, 7) is 7.08.